The number of aromatic nitrogens is 2. The van der Waals surface area contributed by atoms with Crippen molar-refractivity contribution >= 4 is 43.6 Å². The van der Waals surface area contributed by atoms with E-state index in [2.05, 4.69) is 240 Å². The van der Waals surface area contributed by atoms with Gasteiger partial charge in [0.25, 0.3) is 0 Å². The quantitative estimate of drug-likeness (QED) is 0.159. The fourth-order valence-corrected chi connectivity index (χ4v) is 10.3. The third-order valence-electron chi connectivity index (χ3n) is 13.4. The average molecular weight is 801 g/mol. The molecule has 13 rings (SSSR count). The minimum Gasteiger partial charge on any atom is -0.309 e. The van der Waals surface area contributed by atoms with Crippen molar-refractivity contribution in [1.82, 2.24) is 9.13 Å². The molecule has 0 radical (unpaired) electrons. The van der Waals surface area contributed by atoms with Crippen molar-refractivity contribution in [2.75, 3.05) is 0 Å². The standard InChI is InChI=1S/C61H40N2/c1-3-11-40(12-4-1)42-23-29-50(30-24-42)62-58-17-9-7-15-52(58)56-38-46(27-33-60(56)62)44-19-21-48-35-49-22-20-45(37-55(49)54(48)36-44)47-28-34-61-57(39-47)53-16-8-10-18-59(53)63(61)51-31-25-43(26-32-51)41-13-5-2-6-14-41/h1-34,36-39H,35H2. The lowest BCUT2D eigenvalue weighted by molar-refractivity contribution is 1.18. The number of para-hydroxylation sites is 2. The van der Waals surface area contributed by atoms with Crippen molar-refractivity contribution in [3.63, 3.8) is 0 Å². The Labute approximate surface area is 366 Å². The van der Waals surface area contributed by atoms with E-state index >= 15 is 0 Å². The molecule has 2 heterocycles. The summed E-state index contributed by atoms with van der Waals surface area (Å²) in [7, 11) is 0. The fraction of sp³-hybridized carbons (Fsp3) is 0.0164. The molecule has 0 saturated heterocycles. The maximum absolute atomic E-state index is 2.42. The van der Waals surface area contributed by atoms with Crippen molar-refractivity contribution in [2.24, 2.45) is 0 Å². The highest BCUT2D eigenvalue weighted by molar-refractivity contribution is 6.12. The molecule has 0 bridgehead atoms. The molecular weight excluding hydrogens is 761 g/mol. The summed E-state index contributed by atoms with van der Waals surface area (Å²) >= 11 is 0. The smallest absolute Gasteiger partial charge is 0.0541 e. The number of rotatable bonds is 6. The van der Waals surface area contributed by atoms with Crippen LogP contribution in [0.3, 0.4) is 0 Å². The Morgan fingerprint density at radius 2 is 0.571 bits per heavy atom. The summed E-state index contributed by atoms with van der Waals surface area (Å²) in [5.74, 6) is 0. The van der Waals surface area contributed by atoms with Gasteiger partial charge in [-0.15, -0.1) is 0 Å². The van der Waals surface area contributed by atoms with Crippen LogP contribution in [-0.2, 0) is 6.42 Å². The third-order valence-corrected chi connectivity index (χ3v) is 13.4. The Bertz CT molecular complexity index is 3470. The second-order valence-electron chi connectivity index (χ2n) is 16.9. The Kier molecular flexibility index (Phi) is 8.01. The molecule has 2 aromatic heterocycles. The second-order valence-corrected chi connectivity index (χ2v) is 16.9. The number of hydrogen-bond donors (Lipinski definition) is 0. The van der Waals surface area contributed by atoms with E-state index in [0.29, 0.717) is 0 Å². The molecule has 0 saturated carbocycles. The summed E-state index contributed by atoms with van der Waals surface area (Å²) in [6.45, 7) is 0. The van der Waals surface area contributed by atoms with E-state index in [1.165, 1.54) is 110 Å². The maximum Gasteiger partial charge on any atom is 0.0541 e. The third kappa shape index (κ3) is 5.80. The first-order valence-corrected chi connectivity index (χ1v) is 21.9. The molecule has 0 atom stereocenters. The van der Waals surface area contributed by atoms with E-state index in [4.69, 9.17) is 0 Å². The summed E-state index contributed by atoms with van der Waals surface area (Å²) in [6, 6.07) is 84.9. The van der Waals surface area contributed by atoms with Crippen molar-refractivity contribution in [2.45, 2.75) is 6.42 Å². The van der Waals surface area contributed by atoms with Crippen LogP contribution in [0.4, 0.5) is 0 Å². The van der Waals surface area contributed by atoms with Crippen LogP contribution in [-0.4, -0.2) is 9.13 Å². The summed E-state index contributed by atoms with van der Waals surface area (Å²) in [5.41, 5.74) is 22.5. The first-order valence-electron chi connectivity index (χ1n) is 21.9. The van der Waals surface area contributed by atoms with Gasteiger partial charge in [0.2, 0.25) is 0 Å². The van der Waals surface area contributed by atoms with Crippen LogP contribution in [0.1, 0.15) is 11.1 Å². The zero-order valence-electron chi connectivity index (χ0n) is 34.5. The minimum atomic E-state index is 0.955. The molecule has 0 unspecified atom stereocenters. The summed E-state index contributed by atoms with van der Waals surface area (Å²) in [6.07, 6.45) is 0.955. The average Bonchev–Trinajstić information content (AvgIpc) is 4.01. The molecule has 63 heavy (non-hydrogen) atoms. The Hall–Kier alpha value is -8.20. The van der Waals surface area contributed by atoms with Gasteiger partial charge in [0.05, 0.1) is 22.1 Å². The van der Waals surface area contributed by atoms with E-state index in [1.54, 1.807) is 0 Å². The van der Waals surface area contributed by atoms with Crippen LogP contribution in [0.25, 0.3) is 111 Å². The molecule has 0 fully saturated rings. The van der Waals surface area contributed by atoms with E-state index in [-0.39, 0.29) is 0 Å². The van der Waals surface area contributed by atoms with Crippen LogP contribution < -0.4 is 0 Å². The Morgan fingerprint density at radius 3 is 1.02 bits per heavy atom. The van der Waals surface area contributed by atoms with Crippen LogP contribution in [0.2, 0.25) is 0 Å². The zero-order chi connectivity index (χ0) is 41.4. The monoisotopic (exact) mass is 800 g/mol. The topological polar surface area (TPSA) is 9.86 Å². The predicted molar refractivity (Wildman–Crippen MR) is 265 cm³/mol. The van der Waals surface area contributed by atoms with Gasteiger partial charge in [-0.3, -0.25) is 0 Å². The lowest BCUT2D eigenvalue weighted by atomic mass is 9.95. The van der Waals surface area contributed by atoms with Gasteiger partial charge in [0.15, 0.2) is 0 Å². The molecule has 1 aliphatic rings. The molecule has 0 amide bonds. The molecule has 2 heteroatoms. The van der Waals surface area contributed by atoms with E-state index in [1.807, 2.05) is 0 Å². The van der Waals surface area contributed by atoms with Crippen molar-refractivity contribution < 1.29 is 0 Å². The van der Waals surface area contributed by atoms with Crippen molar-refractivity contribution in [3.8, 4) is 67.0 Å². The number of benzene rings is 10. The van der Waals surface area contributed by atoms with Gasteiger partial charge < -0.3 is 9.13 Å². The highest BCUT2D eigenvalue weighted by Crippen LogP contribution is 2.43. The van der Waals surface area contributed by atoms with Crippen molar-refractivity contribution in [1.29, 1.82) is 0 Å². The molecule has 0 spiro atoms. The molecule has 0 aliphatic heterocycles. The summed E-state index contributed by atoms with van der Waals surface area (Å²) in [4.78, 5) is 0. The molecule has 10 aromatic carbocycles. The van der Waals surface area contributed by atoms with Crippen LogP contribution in [0.15, 0.2) is 231 Å². The van der Waals surface area contributed by atoms with Gasteiger partial charge in [0.1, 0.15) is 0 Å². The number of nitrogens with zero attached hydrogens (tertiary/aromatic N) is 2. The Morgan fingerprint density at radius 1 is 0.238 bits per heavy atom. The van der Waals surface area contributed by atoms with Crippen LogP contribution in [0.5, 0.6) is 0 Å². The van der Waals surface area contributed by atoms with Gasteiger partial charge in [-0.25, -0.2) is 0 Å². The summed E-state index contributed by atoms with van der Waals surface area (Å²) in [5, 5.41) is 5.05. The fourth-order valence-electron chi connectivity index (χ4n) is 10.3. The number of fused-ring (bicyclic) bond motifs is 9. The SMILES string of the molecule is c1ccc(-c2ccc(-n3c4ccccc4c4cc(-c5ccc6c(c5)-c5cc(-c7ccc8c(c7)c7ccccc7n8-c7ccc(-c8ccccc8)cc7)ccc5C6)ccc43)cc2)cc1. The van der Waals surface area contributed by atoms with Crippen molar-refractivity contribution in [3.05, 3.63) is 242 Å². The largest absolute Gasteiger partial charge is 0.309 e. The predicted octanol–water partition coefficient (Wildman–Crippen LogP) is 16.1. The van der Waals surface area contributed by atoms with Gasteiger partial charge in [0, 0.05) is 32.9 Å². The molecule has 294 valence electrons. The van der Waals surface area contributed by atoms with Gasteiger partial charge in [-0.1, -0.05) is 158 Å². The van der Waals surface area contributed by atoms with Crippen LogP contribution >= 0.6 is 0 Å². The van der Waals surface area contributed by atoms with E-state index in [9.17, 15) is 0 Å². The van der Waals surface area contributed by atoms with Gasteiger partial charge in [-0.05, 0) is 146 Å². The minimum absolute atomic E-state index is 0.955. The lowest BCUT2D eigenvalue weighted by Crippen LogP contribution is -1.93. The van der Waals surface area contributed by atoms with Gasteiger partial charge >= 0.3 is 0 Å². The Balaban J connectivity index is 0.858. The first kappa shape index (κ1) is 35.5. The maximum atomic E-state index is 2.42. The summed E-state index contributed by atoms with van der Waals surface area (Å²) < 4.78 is 4.81. The highest BCUT2D eigenvalue weighted by Gasteiger charge is 2.21. The molecule has 12 aromatic rings. The normalized spacial score (nSPS) is 12.1. The molecule has 2 nitrogen and oxygen atoms in total. The van der Waals surface area contributed by atoms with Gasteiger partial charge in [-0.2, -0.15) is 0 Å². The molecule has 0 N–H and O–H groups in total. The molecule has 1 aliphatic carbocycles. The van der Waals surface area contributed by atoms with E-state index < -0.39 is 0 Å². The molecular formula is C61H40N2. The first-order chi connectivity index (χ1) is 31.2. The second kappa shape index (κ2) is 14.2. The van der Waals surface area contributed by atoms with Crippen LogP contribution in [0, 0.1) is 0 Å². The zero-order valence-corrected chi connectivity index (χ0v) is 34.5. The van der Waals surface area contributed by atoms with E-state index in [0.717, 1.165) is 17.8 Å². The lowest BCUT2D eigenvalue weighted by Gasteiger charge is -2.11. The highest BCUT2D eigenvalue weighted by atomic mass is 15.0. The number of hydrogen-bond acceptors (Lipinski definition) is 0.